The normalized spacial score (nSPS) is 25.1. The minimum Gasteiger partial charge on any atom is -0.480 e. The largest absolute Gasteiger partial charge is 0.480 e. The maximum absolute atomic E-state index is 11.0. The molecule has 20 heavy (non-hydrogen) atoms. The summed E-state index contributed by atoms with van der Waals surface area (Å²) in [6.45, 7) is 2.53. The molecule has 1 saturated carbocycles. The van der Waals surface area contributed by atoms with Crippen molar-refractivity contribution in [1.29, 1.82) is 0 Å². The van der Waals surface area contributed by atoms with Crippen LogP contribution in [-0.4, -0.2) is 72.9 Å². The summed E-state index contributed by atoms with van der Waals surface area (Å²) < 4.78 is 6.28. The van der Waals surface area contributed by atoms with Crippen molar-refractivity contribution < 1.29 is 14.6 Å². The Morgan fingerprint density at radius 1 is 1.25 bits per heavy atom. The zero-order valence-electron chi connectivity index (χ0n) is 12.8. The Labute approximate surface area is 121 Å². The van der Waals surface area contributed by atoms with Gasteiger partial charge in [0.1, 0.15) is 0 Å². The number of carboxylic acids is 1. The van der Waals surface area contributed by atoms with Crippen LogP contribution < -0.4 is 0 Å². The molecule has 0 aromatic rings. The lowest BCUT2D eigenvalue weighted by Gasteiger charge is -2.28. The Hall–Kier alpha value is -0.650. The second kappa shape index (κ2) is 6.87. The van der Waals surface area contributed by atoms with Gasteiger partial charge in [-0.05, 0) is 39.8 Å². The molecule has 1 spiro atoms. The van der Waals surface area contributed by atoms with E-state index in [2.05, 4.69) is 4.90 Å². The lowest BCUT2D eigenvalue weighted by atomic mass is 9.98. The molecule has 1 N–H and O–H groups in total. The van der Waals surface area contributed by atoms with Crippen molar-refractivity contribution in [3.8, 4) is 0 Å². The molecule has 2 aliphatic rings. The lowest BCUT2D eigenvalue weighted by Crippen LogP contribution is -2.41. The Kier molecular flexibility index (Phi) is 5.41. The van der Waals surface area contributed by atoms with Gasteiger partial charge in [-0.1, -0.05) is 12.8 Å². The van der Waals surface area contributed by atoms with Crippen LogP contribution in [0, 0.1) is 0 Å². The Morgan fingerprint density at radius 2 is 1.95 bits per heavy atom. The van der Waals surface area contributed by atoms with Gasteiger partial charge in [-0.15, -0.1) is 0 Å². The molecule has 1 atom stereocenters. The topological polar surface area (TPSA) is 53.0 Å². The van der Waals surface area contributed by atoms with Crippen LogP contribution in [0.2, 0.25) is 0 Å². The third-order valence-corrected chi connectivity index (χ3v) is 4.54. The van der Waals surface area contributed by atoms with Crippen LogP contribution in [0.25, 0.3) is 0 Å². The van der Waals surface area contributed by atoms with E-state index in [4.69, 9.17) is 9.84 Å². The highest BCUT2D eigenvalue weighted by molar-refractivity contribution is 5.69. The number of ether oxygens (including phenoxy) is 1. The first-order valence-electron chi connectivity index (χ1n) is 7.76. The predicted molar refractivity (Wildman–Crippen MR) is 77.9 cm³/mol. The minimum absolute atomic E-state index is 0.112. The second-order valence-corrected chi connectivity index (χ2v) is 6.60. The standard InChI is InChI=1S/C15H28N2O3/c1-16(2)9-10-17(12-14(18)19)11-13-5-8-15(20-13)6-3-4-7-15/h13H,3-12H2,1-2H3,(H,18,19). The molecule has 1 aliphatic carbocycles. The van der Waals surface area contributed by atoms with E-state index in [1.54, 1.807) is 0 Å². The Balaban J connectivity index is 1.82. The molecule has 116 valence electrons. The fourth-order valence-corrected chi connectivity index (χ4v) is 3.47. The van der Waals surface area contributed by atoms with Crippen molar-refractivity contribution in [2.75, 3.05) is 40.3 Å². The van der Waals surface area contributed by atoms with Crippen LogP contribution in [0.5, 0.6) is 0 Å². The van der Waals surface area contributed by atoms with Gasteiger partial charge in [0.15, 0.2) is 0 Å². The van der Waals surface area contributed by atoms with Crippen LogP contribution in [0.15, 0.2) is 0 Å². The van der Waals surface area contributed by atoms with E-state index in [1.807, 2.05) is 19.0 Å². The van der Waals surface area contributed by atoms with Crippen molar-refractivity contribution in [1.82, 2.24) is 9.80 Å². The van der Waals surface area contributed by atoms with Crippen molar-refractivity contribution in [3.05, 3.63) is 0 Å². The monoisotopic (exact) mass is 284 g/mol. The molecule has 1 aliphatic heterocycles. The van der Waals surface area contributed by atoms with E-state index >= 15 is 0 Å². The molecule has 0 aromatic heterocycles. The minimum atomic E-state index is -0.752. The van der Waals surface area contributed by atoms with Gasteiger partial charge >= 0.3 is 5.97 Å². The molecule has 1 unspecified atom stereocenters. The first kappa shape index (κ1) is 15.7. The summed E-state index contributed by atoms with van der Waals surface area (Å²) >= 11 is 0. The maximum Gasteiger partial charge on any atom is 0.317 e. The summed E-state index contributed by atoms with van der Waals surface area (Å²) in [7, 11) is 4.02. The molecule has 0 bridgehead atoms. The number of hydrogen-bond acceptors (Lipinski definition) is 4. The molecule has 0 radical (unpaired) electrons. The summed E-state index contributed by atoms with van der Waals surface area (Å²) in [5, 5.41) is 9.03. The maximum atomic E-state index is 11.0. The van der Waals surface area contributed by atoms with Gasteiger partial charge in [0, 0.05) is 19.6 Å². The molecule has 2 fully saturated rings. The zero-order valence-corrected chi connectivity index (χ0v) is 12.8. The van der Waals surface area contributed by atoms with E-state index < -0.39 is 5.97 Å². The van der Waals surface area contributed by atoms with E-state index in [0.29, 0.717) is 0 Å². The van der Waals surface area contributed by atoms with Crippen molar-refractivity contribution in [3.63, 3.8) is 0 Å². The van der Waals surface area contributed by atoms with Crippen LogP contribution >= 0.6 is 0 Å². The van der Waals surface area contributed by atoms with E-state index in [0.717, 1.165) is 32.5 Å². The molecule has 5 heteroatoms. The average Bonchev–Trinajstić information content (AvgIpc) is 2.97. The molecule has 2 rings (SSSR count). The van der Waals surface area contributed by atoms with Crippen molar-refractivity contribution in [2.45, 2.75) is 50.2 Å². The SMILES string of the molecule is CN(C)CCN(CC(=O)O)CC1CCC2(CCCC2)O1. The smallest absolute Gasteiger partial charge is 0.317 e. The van der Waals surface area contributed by atoms with Gasteiger partial charge < -0.3 is 14.7 Å². The molecule has 0 aromatic carbocycles. The number of nitrogens with zero attached hydrogens (tertiary/aromatic N) is 2. The van der Waals surface area contributed by atoms with Gasteiger partial charge in [0.2, 0.25) is 0 Å². The van der Waals surface area contributed by atoms with Gasteiger partial charge in [-0.25, -0.2) is 0 Å². The third kappa shape index (κ3) is 4.43. The van der Waals surface area contributed by atoms with Gasteiger partial charge in [0.05, 0.1) is 18.2 Å². The van der Waals surface area contributed by atoms with Crippen molar-refractivity contribution >= 4 is 5.97 Å². The number of likely N-dealkylation sites (N-methyl/N-ethyl adjacent to an activating group) is 1. The Morgan fingerprint density at radius 3 is 2.55 bits per heavy atom. The molecular weight excluding hydrogens is 256 g/mol. The number of carboxylic acid groups (broad SMARTS) is 1. The third-order valence-electron chi connectivity index (χ3n) is 4.54. The first-order chi connectivity index (χ1) is 9.49. The summed E-state index contributed by atoms with van der Waals surface area (Å²) in [5.74, 6) is -0.752. The molecule has 5 nitrogen and oxygen atoms in total. The molecule has 1 saturated heterocycles. The number of rotatable bonds is 7. The molecular formula is C15H28N2O3. The predicted octanol–water partition coefficient (Wildman–Crippen LogP) is 1.43. The average molecular weight is 284 g/mol. The van der Waals surface area contributed by atoms with Crippen LogP contribution in [0.3, 0.4) is 0 Å². The fourth-order valence-electron chi connectivity index (χ4n) is 3.47. The Bertz CT molecular complexity index is 327. The van der Waals surface area contributed by atoms with E-state index in [9.17, 15) is 4.79 Å². The van der Waals surface area contributed by atoms with Crippen LogP contribution in [0.1, 0.15) is 38.5 Å². The summed E-state index contributed by atoms with van der Waals surface area (Å²) in [4.78, 5) is 15.1. The fraction of sp³-hybridized carbons (Fsp3) is 0.933. The lowest BCUT2D eigenvalue weighted by molar-refractivity contribution is -0.139. The first-order valence-corrected chi connectivity index (χ1v) is 7.76. The van der Waals surface area contributed by atoms with Gasteiger partial charge in [0.25, 0.3) is 0 Å². The molecule has 0 amide bonds. The van der Waals surface area contributed by atoms with E-state index in [1.165, 1.54) is 25.7 Å². The molecule has 1 heterocycles. The summed E-state index contributed by atoms with van der Waals surface area (Å²) in [6.07, 6.45) is 7.41. The zero-order chi connectivity index (χ0) is 14.6. The second-order valence-electron chi connectivity index (χ2n) is 6.60. The summed E-state index contributed by atoms with van der Waals surface area (Å²) in [5.41, 5.74) is 0.140. The number of hydrogen-bond donors (Lipinski definition) is 1. The van der Waals surface area contributed by atoms with Gasteiger partial charge in [-0.2, -0.15) is 0 Å². The highest BCUT2D eigenvalue weighted by Crippen LogP contribution is 2.43. The highest BCUT2D eigenvalue weighted by Gasteiger charge is 2.42. The number of carbonyl (C=O) groups is 1. The van der Waals surface area contributed by atoms with Crippen LogP contribution in [0.4, 0.5) is 0 Å². The van der Waals surface area contributed by atoms with Crippen molar-refractivity contribution in [2.24, 2.45) is 0 Å². The number of aliphatic carboxylic acids is 1. The quantitative estimate of drug-likeness (QED) is 0.766. The van der Waals surface area contributed by atoms with E-state index in [-0.39, 0.29) is 18.2 Å². The van der Waals surface area contributed by atoms with Crippen LogP contribution in [-0.2, 0) is 9.53 Å². The summed E-state index contributed by atoms with van der Waals surface area (Å²) in [6, 6.07) is 0. The van der Waals surface area contributed by atoms with Gasteiger partial charge in [-0.3, -0.25) is 9.69 Å². The highest BCUT2D eigenvalue weighted by atomic mass is 16.5.